The molecular formula is C20H18N2. The van der Waals surface area contributed by atoms with E-state index in [4.69, 9.17) is 10.5 Å². The number of nitrogens with zero attached hydrogens (tertiary/aromatic N) is 2. The zero-order valence-corrected chi connectivity index (χ0v) is 13.1. The molecule has 0 fully saturated rings. The van der Waals surface area contributed by atoms with Gasteiger partial charge in [-0.05, 0) is 55.5 Å². The Kier molecular flexibility index (Phi) is 4.77. The molecule has 0 saturated carbocycles. The van der Waals surface area contributed by atoms with Gasteiger partial charge in [-0.15, -0.1) is 0 Å². The number of rotatable bonds is 2. The molecule has 1 aliphatic carbocycles. The Labute approximate surface area is 132 Å². The fourth-order valence-electron chi connectivity index (χ4n) is 2.41. The van der Waals surface area contributed by atoms with E-state index in [2.05, 4.69) is 44.2 Å². The fraction of sp³-hybridized carbons (Fsp3) is 0.200. The van der Waals surface area contributed by atoms with Crippen LogP contribution in [0.3, 0.4) is 0 Å². The van der Waals surface area contributed by atoms with Crippen LogP contribution in [-0.4, -0.2) is 0 Å². The van der Waals surface area contributed by atoms with Gasteiger partial charge in [-0.3, -0.25) is 0 Å². The highest BCUT2D eigenvalue weighted by atomic mass is 14.3. The minimum atomic E-state index is 0.163. The molecule has 22 heavy (non-hydrogen) atoms. The molecule has 0 saturated heterocycles. The van der Waals surface area contributed by atoms with Crippen LogP contribution in [0.4, 0.5) is 0 Å². The predicted molar refractivity (Wildman–Crippen MR) is 89.7 cm³/mol. The van der Waals surface area contributed by atoms with Crippen LogP contribution in [0.5, 0.6) is 0 Å². The molecule has 0 unspecified atom stereocenters. The van der Waals surface area contributed by atoms with Crippen LogP contribution in [0.25, 0.3) is 6.08 Å². The van der Waals surface area contributed by atoms with Crippen LogP contribution in [0.2, 0.25) is 0 Å². The average molecular weight is 286 g/mol. The predicted octanol–water partition coefficient (Wildman–Crippen LogP) is 4.94. The molecule has 1 aromatic carbocycles. The zero-order valence-electron chi connectivity index (χ0n) is 13.1. The summed E-state index contributed by atoms with van der Waals surface area (Å²) in [7, 11) is 0. The first kappa shape index (κ1) is 15.5. The van der Waals surface area contributed by atoms with Gasteiger partial charge in [0, 0.05) is 5.57 Å². The Morgan fingerprint density at radius 1 is 1.00 bits per heavy atom. The van der Waals surface area contributed by atoms with Gasteiger partial charge in [0.2, 0.25) is 0 Å². The lowest BCUT2D eigenvalue weighted by atomic mass is 9.93. The smallest absolute Gasteiger partial charge is 0.136 e. The van der Waals surface area contributed by atoms with Crippen molar-refractivity contribution in [1.82, 2.24) is 0 Å². The first-order valence-electron chi connectivity index (χ1n) is 7.21. The molecule has 0 bridgehead atoms. The molecule has 2 nitrogen and oxygen atoms in total. The van der Waals surface area contributed by atoms with E-state index in [1.54, 1.807) is 0 Å². The fourth-order valence-corrected chi connectivity index (χ4v) is 2.41. The molecule has 0 atom stereocenters. The van der Waals surface area contributed by atoms with Crippen LogP contribution in [-0.2, 0) is 0 Å². The van der Waals surface area contributed by atoms with Crippen molar-refractivity contribution in [1.29, 1.82) is 10.5 Å². The molecule has 0 aliphatic heterocycles. The summed E-state index contributed by atoms with van der Waals surface area (Å²) in [6, 6.07) is 10.3. The van der Waals surface area contributed by atoms with Crippen LogP contribution < -0.4 is 0 Å². The first-order chi connectivity index (χ1) is 10.5. The molecule has 0 spiro atoms. The summed E-state index contributed by atoms with van der Waals surface area (Å²) in [5.41, 5.74) is 6.84. The minimum Gasteiger partial charge on any atom is -0.192 e. The standard InChI is InChI=1S/C20H18N2/c1-14-8-18(11-19(9-14)20(12-21)13-22)7-6-17-5-4-15(2)16(3)10-17/h4-7,9-11H,8H2,1-3H3/b7-6+. The van der Waals surface area contributed by atoms with E-state index in [1.165, 1.54) is 11.1 Å². The summed E-state index contributed by atoms with van der Waals surface area (Å²) in [6.45, 7) is 6.22. The van der Waals surface area contributed by atoms with Crippen molar-refractivity contribution in [3.8, 4) is 12.1 Å². The van der Waals surface area contributed by atoms with Crippen molar-refractivity contribution in [2.45, 2.75) is 27.2 Å². The van der Waals surface area contributed by atoms with Crippen molar-refractivity contribution in [2.24, 2.45) is 0 Å². The first-order valence-corrected chi connectivity index (χ1v) is 7.21. The van der Waals surface area contributed by atoms with Gasteiger partial charge >= 0.3 is 0 Å². The van der Waals surface area contributed by atoms with Crippen LogP contribution in [0.1, 0.15) is 30.0 Å². The zero-order chi connectivity index (χ0) is 16.1. The molecule has 0 heterocycles. The Morgan fingerprint density at radius 3 is 2.36 bits per heavy atom. The van der Waals surface area contributed by atoms with Gasteiger partial charge in [-0.2, -0.15) is 10.5 Å². The van der Waals surface area contributed by atoms with Crippen LogP contribution in [0, 0.1) is 36.5 Å². The Hall–Kier alpha value is -2.84. The molecule has 2 heteroatoms. The molecule has 2 rings (SSSR count). The summed E-state index contributed by atoms with van der Waals surface area (Å²) in [5.74, 6) is 0. The minimum absolute atomic E-state index is 0.163. The van der Waals surface area contributed by atoms with E-state index in [0.717, 1.165) is 23.1 Å². The molecule has 1 aromatic rings. The van der Waals surface area contributed by atoms with Crippen molar-refractivity contribution in [2.75, 3.05) is 0 Å². The van der Waals surface area contributed by atoms with Crippen LogP contribution >= 0.6 is 0 Å². The van der Waals surface area contributed by atoms with Gasteiger partial charge in [0.15, 0.2) is 0 Å². The lowest BCUT2D eigenvalue weighted by Gasteiger charge is -2.11. The van der Waals surface area contributed by atoms with Crippen LogP contribution in [0.15, 0.2) is 58.7 Å². The summed E-state index contributed by atoms with van der Waals surface area (Å²) >= 11 is 0. The normalized spacial score (nSPS) is 14.1. The number of hydrogen-bond acceptors (Lipinski definition) is 2. The van der Waals surface area contributed by atoms with Gasteiger partial charge < -0.3 is 0 Å². The largest absolute Gasteiger partial charge is 0.192 e. The Balaban J connectivity index is 2.31. The molecule has 0 N–H and O–H groups in total. The van der Waals surface area contributed by atoms with Gasteiger partial charge in [0.1, 0.15) is 17.7 Å². The van der Waals surface area contributed by atoms with Crippen molar-refractivity contribution >= 4 is 6.08 Å². The molecule has 0 aromatic heterocycles. The second-order valence-electron chi connectivity index (χ2n) is 5.62. The summed E-state index contributed by atoms with van der Waals surface area (Å²) < 4.78 is 0. The van der Waals surface area contributed by atoms with E-state index in [0.29, 0.717) is 5.57 Å². The molecule has 1 aliphatic rings. The highest BCUT2D eigenvalue weighted by Crippen LogP contribution is 2.25. The maximum atomic E-state index is 9.01. The summed E-state index contributed by atoms with van der Waals surface area (Å²) in [4.78, 5) is 0. The quantitative estimate of drug-likeness (QED) is 0.723. The maximum Gasteiger partial charge on any atom is 0.136 e. The van der Waals surface area contributed by atoms with E-state index in [-0.39, 0.29) is 5.57 Å². The Morgan fingerprint density at radius 2 is 1.73 bits per heavy atom. The molecule has 0 radical (unpaired) electrons. The monoisotopic (exact) mass is 286 g/mol. The van der Waals surface area contributed by atoms with Gasteiger partial charge in [0.25, 0.3) is 0 Å². The number of allylic oxidation sites excluding steroid dienone is 7. The van der Waals surface area contributed by atoms with Gasteiger partial charge in [-0.25, -0.2) is 0 Å². The molecular weight excluding hydrogens is 268 g/mol. The highest BCUT2D eigenvalue weighted by Gasteiger charge is 2.09. The third-order valence-electron chi connectivity index (χ3n) is 3.76. The maximum absolute atomic E-state index is 9.01. The second kappa shape index (κ2) is 6.74. The number of aryl methyl sites for hydroxylation is 2. The number of hydrogen-bond donors (Lipinski definition) is 0. The van der Waals surface area contributed by atoms with Gasteiger partial charge in [0.05, 0.1) is 0 Å². The highest BCUT2D eigenvalue weighted by molar-refractivity contribution is 5.60. The van der Waals surface area contributed by atoms with Crippen molar-refractivity contribution in [3.05, 3.63) is 75.4 Å². The van der Waals surface area contributed by atoms with E-state index in [9.17, 15) is 0 Å². The van der Waals surface area contributed by atoms with E-state index in [1.807, 2.05) is 31.2 Å². The van der Waals surface area contributed by atoms with E-state index < -0.39 is 0 Å². The van der Waals surface area contributed by atoms with Crippen molar-refractivity contribution < 1.29 is 0 Å². The topological polar surface area (TPSA) is 47.6 Å². The number of benzene rings is 1. The lowest BCUT2D eigenvalue weighted by Crippen LogP contribution is -1.94. The number of nitriles is 2. The summed E-state index contributed by atoms with van der Waals surface area (Å²) in [5, 5.41) is 18.0. The third kappa shape index (κ3) is 3.62. The lowest BCUT2D eigenvalue weighted by molar-refractivity contribution is 1.12. The average Bonchev–Trinajstić information content (AvgIpc) is 2.49. The molecule has 108 valence electrons. The van der Waals surface area contributed by atoms with E-state index >= 15 is 0 Å². The van der Waals surface area contributed by atoms with Crippen molar-refractivity contribution in [3.63, 3.8) is 0 Å². The SMILES string of the molecule is CC1=CC(=C(C#N)C#N)C=C(/C=C/c2ccc(C)c(C)c2)C1. The molecule has 0 amide bonds. The summed E-state index contributed by atoms with van der Waals surface area (Å²) in [6.07, 6.45) is 8.82. The second-order valence-corrected chi connectivity index (χ2v) is 5.62. The third-order valence-corrected chi connectivity index (χ3v) is 3.76. The van der Waals surface area contributed by atoms with Gasteiger partial charge in [-0.1, -0.05) is 42.0 Å². The Bertz CT molecular complexity index is 787.